The van der Waals surface area contributed by atoms with Crippen LogP contribution in [0.5, 0.6) is 0 Å². The van der Waals surface area contributed by atoms with Gasteiger partial charge in [-0.25, -0.2) is 4.39 Å². The quantitative estimate of drug-likeness (QED) is 0.812. The third kappa shape index (κ3) is 3.05. The van der Waals surface area contributed by atoms with Gasteiger partial charge in [0.1, 0.15) is 5.82 Å². The molecule has 0 bridgehead atoms. The fraction of sp³-hybridized carbons (Fsp3) is 0.200. The van der Waals surface area contributed by atoms with Crippen LogP contribution >= 0.6 is 11.8 Å². The molecule has 18 heavy (non-hydrogen) atoms. The predicted octanol–water partition coefficient (Wildman–Crippen LogP) is 4.68. The summed E-state index contributed by atoms with van der Waals surface area (Å²) in [6.07, 6.45) is 0. The molecule has 0 aromatic heterocycles. The van der Waals surface area contributed by atoms with Crippen LogP contribution in [0.3, 0.4) is 0 Å². The minimum absolute atomic E-state index is 0.270. The van der Waals surface area contributed by atoms with Gasteiger partial charge in [0.15, 0.2) is 0 Å². The maximum atomic E-state index is 13.6. The molecule has 2 aromatic rings. The lowest BCUT2D eigenvalue weighted by Crippen LogP contribution is -1.88. The van der Waals surface area contributed by atoms with Gasteiger partial charge in [0.05, 0.1) is 0 Å². The Balaban J connectivity index is 2.18. The van der Waals surface area contributed by atoms with Crippen molar-refractivity contribution in [2.75, 3.05) is 5.73 Å². The number of rotatable bonds is 3. The van der Waals surface area contributed by atoms with Crippen LogP contribution in [0.1, 0.15) is 25.3 Å². The first-order valence-electron chi connectivity index (χ1n) is 5.89. The van der Waals surface area contributed by atoms with Gasteiger partial charge in [0.2, 0.25) is 0 Å². The van der Waals surface area contributed by atoms with Crippen LogP contribution in [0, 0.1) is 5.82 Å². The highest BCUT2D eigenvalue weighted by atomic mass is 32.2. The first-order chi connectivity index (χ1) is 8.56. The van der Waals surface area contributed by atoms with E-state index in [2.05, 4.69) is 26.0 Å². The molecule has 3 heteroatoms. The van der Waals surface area contributed by atoms with E-state index < -0.39 is 0 Å². The molecule has 0 aliphatic carbocycles. The topological polar surface area (TPSA) is 26.0 Å². The molecule has 0 saturated carbocycles. The molecule has 0 atom stereocenters. The summed E-state index contributed by atoms with van der Waals surface area (Å²) in [5, 5.41) is 0. The maximum Gasteiger partial charge on any atom is 0.139 e. The molecule has 0 spiro atoms. The monoisotopic (exact) mass is 261 g/mol. The van der Waals surface area contributed by atoms with Gasteiger partial charge >= 0.3 is 0 Å². The van der Waals surface area contributed by atoms with E-state index in [1.807, 2.05) is 12.1 Å². The molecule has 2 rings (SSSR count). The Hall–Kier alpha value is -1.48. The van der Waals surface area contributed by atoms with Crippen LogP contribution in [0.25, 0.3) is 0 Å². The van der Waals surface area contributed by atoms with Gasteiger partial charge in [-0.1, -0.05) is 37.7 Å². The molecular formula is C15H16FNS. The van der Waals surface area contributed by atoms with Crippen LogP contribution in [0.2, 0.25) is 0 Å². The van der Waals surface area contributed by atoms with E-state index in [0.717, 1.165) is 4.90 Å². The second-order valence-electron chi connectivity index (χ2n) is 4.52. The van der Waals surface area contributed by atoms with E-state index in [9.17, 15) is 4.39 Å². The Morgan fingerprint density at radius 3 is 2.28 bits per heavy atom. The molecular weight excluding hydrogens is 245 g/mol. The Morgan fingerprint density at radius 1 is 1.06 bits per heavy atom. The fourth-order valence-electron chi connectivity index (χ4n) is 1.65. The van der Waals surface area contributed by atoms with Gasteiger partial charge in [-0.15, -0.1) is 0 Å². The van der Waals surface area contributed by atoms with Crippen molar-refractivity contribution in [1.82, 2.24) is 0 Å². The Morgan fingerprint density at radius 2 is 1.72 bits per heavy atom. The summed E-state index contributed by atoms with van der Waals surface area (Å²) in [5.41, 5.74) is 7.26. The van der Waals surface area contributed by atoms with Crippen LogP contribution < -0.4 is 5.73 Å². The van der Waals surface area contributed by atoms with Crippen molar-refractivity contribution in [3.05, 3.63) is 53.8 Å². The summed E-state index contributed by atoms with van der Waals surface area (Å²) in [5.74, 6) is 0.241. The van der Waals surface area contributed by atoms with Crippen molar-refractivity contribution < 1.29 is 4.39 Å². The van der Waals surface area contributed by atoms with Gasteiger partial charge < -0.3 is 5.73 Å². The number of hydrogen-bond acceptors (Lipinski definition) is 2. The van der Waals surface area contributed by atoms with Gasteiger partial charge in [0, 0.05) is 15.5 Å². The van der Waals surface area contributed by atoms with Gasteiger partial charge in [-0.3, -0.25) is 0 Å². The lowest BCUT2D eigenvalue weighted by atomic mass is 10.0. The smallest absolute Gasteiger partial charge is 0.139 e. The van der Waals surface area contributed by atoms with Crippen molar-refractivity contribution >= 4 is 17.4 Å². The van der Waals surface area contributed by atoms with Crippen molar-refractivity contribution in [3.63, 3.8) is 0 Å². The highest BCUT2D eigenvalue weighted by Crippen LogP contribution is 2.31. The number of benzene rings is 2. The molecule has 0 aliphatic rings. The molecule has 0 unspecified atom stereocenters. The Kier molecular flexibility index (Phi) is 3.92. The van der Waals surface area contributed by atoms with E-state index in [1.165, 1.54) is 23.4 Å². The molecule has 0 radical (unpaired) electrons. The second kappa shape index (κ2) is 5.44. The van der Waals surface area contributed by atoms with E-state index in [4.69, 9.17) is 5.73 Å². The highest BCUT2D eigenvalue weighted by Gasteiger charge is 2.05. The molecule has 0 amide bonds. The summed E-state index contributed by atoms with van der Waals surface area (Å²) < 4.78 is 13.6. The van der Waals surface area contributed by atoms with E-state index in [0.29, 0.717) is 16.5 Å². The second-order valence-corrected chi connectivity index (χ2v) is 5.63. The lowest BCUT2D eigenvalue weighted by molar-refractivity contribution is 0.603. The number of halogens is 1. The number of anilines is 1. The lowest BCUT2D eigenvalue weighted by Gasteiger charge is -2.07. The summed E-state index contributed by atoms with van der Waals surface area (Å²) in [4.78, 5) is 1.63. The van der Waals surface area contributed by atoms with Crippen LogP contribution in [0.4, 0.5) is 10.1 Å². The highest BCUT2D eigenvalue weighted by molar-refractivity contribution is 7.99. The zero-order chi connectivity index (χ0) is 13.1. The van der Waals surface area contributed by atoms with E-state index >= 15 is 0 Å². The van der Waals surface area contributed by atoms with E-state index in [-0.39, 0.29) is 5.82 Å². The standard InChI is InChI=1S/C15H16FNS/c1-10(2)11-3-6-13(7-4-11)18-15-8-5-12(17)9-14(15)16/h3-10H,17H2,1-2H3. The SMILES string of the molecule is CC(C)c1ccc(Sc2ccc(N)cc2F)cc1. The first-order valence-corrected chi connectivity index (χ1v) is 6.71. The summed E-state index contributed by atoms with van der Waals surface area (Å²) >= 11 is 1.41. The van der Waals surface area contributed by atoms with E-state index in [1.54, 1.807) is 12.1 Å². The average molecular weight is 261 g/mol. The predicted molar refractivity (Wildman–Crippen MR) is 75.5 cm³/mol. The molecule has 0 fully saturated rings. The van der Waals surface area contributed by atoms with Crippen molar-refractivity contribution in [1.29, 1.82) is 0 Å². The maximum absolute atomic E-state index is 13.6. The molecule has 94 valence electrons. The van der Waals surface area contributed by atoms with Crippen LogP contribution in [0.15, 0.2) is 52.3 Å². The number of nitrogens with two attached hydrogens (primary N) is 1. The van der Waals surface area contributed by atoms with Gasteiger partial charge in [-0.05, 0) is 41.8 Å². The van der Waals surface area contributed by atoms with Crippen molar-refractivity contribution in [3.8, 4) is 0 Å². The van der Waals surface area contributed by atoms with Crippen molar-refractivity contribution in [2.45, 2.75) is 29.6 Å². The Bertz CT molecular complexity index is 535. The average Bonchev–Trinajstić information content (AvgIpc) is 2.33. The normalized spacial score (nSPS) is 10.9. The first kappa shape index (κ1) is 13.0. The number of nitrogen functional groups attached to an aromatic ring is 1. The van der Waals surface area contributed by atoms with Crippen LogP contribution in [-0.4, -0.2) is 0 Å². The largest absolute Gasteiger partial charge is 0.399 e. The Labute approximate surface area is 111 Å². The minimum Gasteiger partial charge on any atom is -0.399 e. The third-order valence-corrected chi connectivity index (χ3v) is 3.79. The molecule has 0 saturated heterocycles. The van der Waals surface area contributed by atoms with Gasteiger partial charge in [0.25, 0.3) is 0 Å². The molecule has 0 aliphatic heterocycles. The summed E-state index contributed by atoms with van der Waals surface area (Å²) in [7, 11) is 0. The molecule has 2 aromatic carbocycles. The fourth-order valence-corrected chi connectivity index (χ4v) is 2.47. The number of hydrogen-bond donors (Lipinski definition) is 1. The third-order valence-electron chi connectivity index (χ3n) is 2.73. The van der Waals surface area contributed by atoms with Crippen molar-refractivity contribution in [2.24, 2.45) is 0 Å². The molecule has 2 N–H and O–H groups in total. The molecule has 0 heterocycles. The van der Waals surface area contributed by atoms with Crippen LogP contribution in [-0.2, 0) is 0 Å². The summed E-state index contributed by atoms with van der Waals surface area (Å²) in [6.45, 7) is 4.31. The minimum atomic E-state index is -0.270. The zero-order valence-corrected chi connectivity index (χ0v) is 11.3. The summed E-state index contributed by atoms with van der Waals surface area (Å²) in [6, 6.07) is 13.0. The van der Waals surface area contributed by atoms with Gasteiger partial charge in [-0.2, -0.15) is 0 Å². The zero-order valence-electron chi connectivity index (χ0n) is 10.5. The molecule has 1 nitrogen and oxygen atoms in total.